The molecule has 2 heteroatoms. The van der Waals surface area contributed by atoms with Gasteiger partial charge in [-0.3, -0.25) is 4.79 Å². The zero-order chi connectivity index (χ0) is 15.8. The van der Waals surface area contributed by atoms with Crippen molar-refractivity contribution in [1.82, 2.24) is 5.32 Å². The van der Waals surface area contributed by atoms with Gasteiger partial charge in [0.25, 0.3) is 0 Å². The van der Waals surface area contributed by atoms with Crippen LogP contribution in [0.2, 0.25) is 0 Å². The molecule has 114 valence electrons. The summed E-state index contributed by atoms with van der Waals surface area (Å²) in [7, 11) is 0. The lowest BCUT2D eigenvalue weighted by atomic mass is 10.1. The van der Waals surface area contributed by atoms with Crippen molar-refractivity contribution >= 4 is 12.0 Å². The smallest absolute Gasteiger partial charge is 0.244 e. The second-order valence-corrected chi connectivity index (χ2v) is 5.68. The quantitative estimate of drug-likeness (QED) is 0.797. The first-order valence-electron chi connectivity index (χ1n) is 7.72. The largest absolute Gasteiger partial charge is 0.350 e. The molecular formula is C20H23NO. The first kappa shape index (κ1) is 16.0. The maximum absolute atomic E-state index is 11.9. The predicted octanol–water partition coefficient (Wildman–Crippen LogP) is 4.15. The number of carbonyl (C=O) groups is 1. The first-order valence-corrected chi connectivity index (χ1v) is 7.72. The molecule has 0 aromatic heterocycles. The summed E-state index contributed by atoms with van der Waals surface area (Å²) in [6.45, 7) is 4.09. The van der Waals surface area contributed by atoms with Gasteiger partial charge in [0.05, 0.1) is 0 Å². The average Bonchev–Trinajstić information content (AvgIpc) is 2.53. The molecular weight excluding hydrogens is 270 g/mol. The molecule has 0 aliphatic heterocycles. The highest BCUT2D eigenvalue weighted by Gasteiger charge is 2.04. The van der Waals surface area contributed by atoms with E-state index in [2.05, 4.69) is 24.4 Å². The number of amides is 1. The Bertz CT molecular complexity index is 614. The number of hydrogen-bond donors (Lipinski definition) is 1. The Morgan fingerprint density at radius 2 is 1.77 bits per heavy atom. The van der Waals surface area contributed by atoms with E-state index in [-0.39, 0.29) is 11.9 Å². The first-order chi connectivity index (χ1) is 10.6. The van der Waals surface area contributed by atoms with Crippen LogP contribution in [0.25, 0.3) is 6.08 Å². The molecule has 2 rings (SSSR count). The predicted molar refractivity (Wildman–Crippen MR) is 92.6 cm³/mol. The van der Waals surface area contributed by atoms with E-state index in [4.69, 9.17) is 0 Å². The Morgan fingerprint density at radius 3 is 2.45 bits per heavy atom. The second-order valence-electron chi connectivity index (χ2n) is 5.68. The number of nitrogens with one attached hydrogen (secondary N) is 1. The third-order valence-electron chi connectivity index (χ3n) is 3.60. The van der Waals surface area contributed by atoms with Gasteiger partial charge in [-0.25, -0.2) is 0 Å². The van der Waals surface area contributed by atoms with Gasteiger partial charge >= 0.3 is 0 Å². The molecule has 0 fully saturated rings. The van der Waals surface area contributed by atoms with Gasteiger partial charge in [0.15, 0.2) is 0 Å². The average molecular weight is 293 g/mol. The van der Waals surface area contributed by atoms with E-state index >= 15 is 0 Å². The molecule has 1 atom stereocenters. The minimum absolute atomic E-state index is 0.0406. The van der Waals surface area contributed by atoms with Gasteiger partial charge < -0.3 is 5.32 Å². The van der Waals surface area contributed by atoms with Gasteiger partial charge in [-0.2, -0.15) is 0 Å². The maximum atomic E-state index is 11.9. The van der Waals surface area contributed by atoms with Gasteiger partial charge in [0, 0.05) is 12.1 Å². The van der Waals surface area contributed by atoms with Crippen LogP contribution in [0.5, 0.6) is 0 Å². The van der Waals surface area contributed by atoms with Crippen molar-refractivity contribution in [3.63, 3.8) is 0 Å². The molecule has 2 aromatic rings. The van der Waals surface area contributed by atoms with Crippen LogP contribution in [0.1, 0.15) is 30.0 Å². The Labute approximate surface area is 132 Å². The fourth-order valence-electron chi connectivity index (χ4n) is 2.24. The van der Waals surface area contributed by atoms with Crippen molar-refractivity contribution in [2.45, 2.75) is 32.7 Å². The van der Waals surface area contributed by atoms with Crippen LogP contribution in [-0.4, -0.2) is 11.9 Å². The summed E-state index contributed by atoms with van der Waals surface area (Å²) in [4.78, 5) is 11.9. The molecule has 0 bridgehead atoms. The van der Waals surface area contributed by atoms with E-state index in [9.17, 15) is 4.79 Å². The third-order valence-corrected chi connectivity index (χ3v) is 3.60. The number of rotatable bonds is 6. The normalized spacial score (nSPS) is 12.3. The molecule has 0 radical (unpaired) electrons. The third kappa shape index (κ3) is 5.57. The summed E-state index contributed by atoms with van der Waals surface area (Å²) in [6, 6.07) is 18.6. The Kier molecular flexibility index (Phi) is 5.96. The lowest BCUT2D eigenvalue weighted by Gasteiger charge is -2.12. The van der Waals surface area contributed by atoms with Crippen LogP contribution < -0.4 is 5.32 Å². The summed E-state index contributed by atoms with van der Waals surface area (Å²) < 4.78 is 0. The van der Waals surface area contributed by atoms with Gasteiger partial charge in [0.1, 0.15) is 0 Å². The van der Waals surface area contributed by atoms with Crippen LogP contribution in [-0.2, 0) is 11.2 Å². The Morgan fingerprint density at radius 1 is 1.09 bits per heavy atom. The maximum Gasteiger partial charge on any atom is 0.244 e. The van der Waals surface area contributed by atoms with Gasteiger partial charge in [-0.05, 0) is 43.9 Å². The van der Waals surface area contributed by atoms with Crippen molar-refractivity contribution in [2.75, 3.05) is 0 Å². The highest BCUT2D eigenvalue weighted by Crippen LogP contribution is 2.06. The summed E-state index contributed by atoms with van der Waals surface area (Å²) in [5, 5.41) is 3.01. The summed E-state index contributed by atoms with van der Waals surface area (Å²) in [5.74, 6) is -0.0406. The minimum atomic E-state index is -0.0406. The van der Waals surface area contributed by atoms with Crippen molar-refractivity contribution in [3.8, 4) is 0 Å². The standard InChI is InChI=1S/C20H23NO/c1-16-8-11-19(12-9-16)14-15-20(22)21-17(2)10-13-18-6-4-3-5-7-18/h3-9,11-12,14-15,17H,10,13H2,1-2H3,(H,21,22). The highest BCUT2D eigenvalue weighted by atomic mass is 16.1. The molecule has 0 heterocycles. The monoisotopic (exact) mass is 293 g/mol. The van der Waals surface area contributed by atoms with Crippen LogP contribution >= 0.6 is 0 Å². The number of hydrogen-bond acceptors (Lipinski definition) is 1. The minimum Gasteiger partial charge on any atom is -0.350 e. The molecule has 0 spiro atoms. The number of benzene rings is 2. The van der Waals surface area contributed by atoms with Gasteiger partial charge in [-0.15, -0.1) is 0 Å². The lowest BCUT2D eigenvalue weighted by molar-refractivity contribution is -0.117. The molecule has 1 unspecified atom stereocenters. The second kappa shape index (κ2) is 8.18. The molecule has 22 heavy (non-hydrogen) atoms. The highest BCUT2D eigenvalue weighted by molar-refractivity contribution is 5.91. The van der Waals surface area contributed by atoms with Crippen LogP contribution in [0, 0.1) is 6.92 Å². The van der Waals surface area contributed by atoms with Crippen LogP contribution in [0.3, 0.4) is 0 Å². The topological polar surface area (TPSA) is 29.1 Å². The molecule has 0 aliphatic rings. The van der Waals surface area contributed by atoms with Gasteiger partial charge in [0.2, 0.25) is 5.91 Å². The molecule has 0 saturated heterocycles. The zero-order valence-corrected chi connectivity index (χ0v) is 13.3. The van der Waals surface area contributed by atoms with E-state index in [0.29, 0.717) is 0 Å². The molecule has 2 nitrogen and oxygen atoms in total. The van der Waals surface area contributed by atoms with E-state index in [0.717, 1.165) is 18.4 Å². The molecule has 1 N–H and O–H groups in total. The van der Waals surface area contributed by atoms with Crippen molar-refractivity contribution in [2.24, 2.45) is 0 Å². The lowest BCUT2D eigenvalue weighted by Crippen LogP contribution is -2.31. The Hall–Kier alpha value is -2.35. The fourth-order valence-corrected chi connectivity index (χ4v) is 2.24. The molecule has 1 amide bonds. The fraction of sp³-hybridized carbons (Fsp3) is 0.250. The van der Waals surface area contributed by atoms with Crippen molar-refractivity contribution in [3.05, 3.63) is 77.4 Å². The van der Waals surface area contributed by atoms with E-state index in [1.54, 1.807) is 6.08 Å². The van der Waals surface area contributed by atoms with Gasteiger partial charge in [-0.1, -0.05) is 60.2 Å². The molecule has 0 saturated carbocycles. The Balaban J connectivity index is 1.77. The summed E-state index contributed by atoms with van der Waals surface area (Å²) >= 11 is 0. The van der Waals surface area contributed by atoms with E-state index in [1.807, 2.05) is 55.5 Å². The van der Waals surface area contributed by atoms with Crippen LogP contribution in [0.4, 0.5) is 0 Å². The van der Waals surface area contributed by atoms with Crippen molar-refractivity contribution < 1.29 is 4.79 Å². The zero-order valence-electron chi connectivity index (χ0n) is 13.3. The SMILES string of the molecule is Cc1ccc(C=CC(=O)NC(C)CCc2ccccc2)cc1. The van der Waals surface area contributed by atoms with Crippen LogP contribution in [0.15, 0.2) is 60.7 Å². The van der Waals surface area contributed by atoms with E-state index < -0.39 is 0 Å². The number of aryl methyl sites for hydroxylation is 2. The number of carbonyl (C=O) groups excluding carboxylic acids is 1. The summed E-state index contributed by atoms with van der Waals surface area (Å²) in [5.41, 5.74) is 3.56. The summed E-state index contributed by atoms with van der Waals surface area (Å²) in [6.07, 6.45) is 5.36. The van der Waals surface area contributed by atoms with Crippen molar-refractivity contribution in [1.29, 1.82) is 0 Å². The molecule has 0 aliphatic carbocycles. The van der Waals surface area contributed by atoms with E-state index in [1.165, 1.54) is 11.1 Å². The molecule has 2 aromatic carbocycles.